The molecule has 0 saturated carbocycles. The Hall–Kier alpha value is -1.32. The highest BCUT2D eigenvalue weighted by Crippen LogP contribution is 2.10. The summed E-state index contributed by atoms with van der Waals surface area (Å²) in [5.41, 5.74) is 1.04. The third kappa shape index (κ3) is 2.58. The highest BCUT2D eigenvalue weighted by molar-refractivity contribution is 5.69. The summed E-state index contributed by atoms with van der Waals surface area (Å²) in [4.78, 5) is 11.0. The van der Waals surface area contributed by atoms with E-state index < -0.39 is 0 Å². The number of hydrogen-bond acceptors (Lipinski definition) is 3. The topological polar surface area (TPSA) is 44.1 Å². The summed E-state index contributed by atoms with van der Waals surface area (Å²) >= 11 is 0. The lowest BCUT2D eigenvalue weighted by Gasteiger charge is -2.10. The van der Waals surface area contributed by atoms with Gasteiger partial charge < -0.3 is 4.74 Å². The van der Waals surface area contributed by atoms with Crippen LogP contribution in [0.1, 0.15) is 32.0 Å². The van der Waals surface area contributed by atoms with Crippen molar-refractivity contribution in [3.05, 3.63) is 18.0 Å². The van der Waals surface area contributed by atoms with Crippen molar-refractivity contribution in [1.82, 2.24) is 9.78 Å². The molecule has 0 N–H and O–H groups in total. The molecule has 0 amide bonds. The molecular formula is C10H16N2O2. The van der Waals surface area contributed by atoms with Crippen LogP contribution in [0.3, 0.4) is 0 Å². The number of hydrogen-bond donors (Lipinski definition) is 0. The van der Waals surface area contributed by atoms with Gasteiger partial charge in [0.1, 0.15) is 0 Å². The van der Waals surface area contributed by atoms with Crippen LogP contribution in [-0.4, -0.2) is 22.9 Å². The predicted octanol–water partition coefficient (Wildman–Crippen LogP) is 1.57. The minimum atomic E-state index is -0.203. The molecule has 1 heterocycles. The van der Waals surface area contributed by atoms with E-state index in [1.165, 1.54) is 7.11 Å². The Morgan fingerprint density at radius 1 is 1.71 bits per heavy atom. The van der Waals surface area contributed by atoms with Crippen LogP contribution < -0.4 is 0 Å². The van der Waals surface area contributed by atoms with Crippen LogP contribution in [0.4, 0.5) is 0 Å². The summed E-state index contributed by atoms with van der Waals surface area (Å²) in [7, 11) is 1.40. The van der Waals surface area contributed by atoms with Crippen LogP contribution in [0, 0.1) is 0 Å². The monoisotopic (exact) mass is 196 g/mol. The van der Waals surface area contributed by atoms with Crippen molar-refractivity contribution in [2.45, 2.75) is 32.7 Å². The average Bonchev–Trinajstić information content (AvgIpc) is 2.65. The molecule has 0 fully saturated rings. The molecule has 0 aliphatic heterocycles. The van der Waals surface area contributed by atoms with Crippen LogP contribution in [0.2, 0.25) is 0 Å². The van der Waals surface area contributed by atoms with Gasteiger partial charge in [-0.05, 0) is 19.4 Å². The standard InChI is InChI=1S/C10H16N2O2/c1-4-9-5-6-12(11-9)8(2)7-10(13)14-3/h5-6,8H,4,7H2,1-3H3. The number of ether oxygens (including phenoxy) is 1. The number of rotatable bonds is 4. The summed E-state index contributed by atoms with van der Waals surface area (Å²) in [5, 5.41) is 4.32. The minimum Gasteiger partial charge on any atom is -0.469 e. The second-order valence-electron chi connectivity index (χ2n) is 3.27. The average molecular weight is 196 g/mol. The third-order valence-electron chi connectivity index (χ3n) is 2.17. The zero-order valence-corrected chi connectivity index (χ0v) is 8.86. The third-order valence-corrected chi connectivity index (χ3v) is 2.17. The summed E-state index contributed by atoms with van der Waals surface area (Å²) in [6.45, 7) is 4.00. The van der Waals surface area contributed by atoms with E-state index in [1.54, 1.807) is 4.68 Å². The van der Waals surface area contributed by atoms with Crippen molar-refractivity contribution in [3.8, 4) is 0 Å². The van der Waals surface area contributed by atoms with E-state index in [0.717, 1.165) is 12.1 Å². The molecule has 4 heteroatoms. The molecule has 0 saturated heterocycles. The highest BCUT2D eigenvalue weighted by Gasteiger charge is 2.11. The van der Waals surface area contributed by atoms with Crippen molar-refractivity contribution in [2.24, 2.45) is 0 Å². The molecule has 0 aromatic carbocycles. The zero-order chi connectivity index (χ0) is 10.6. The lowest BCUT2D eigenvalue weighted by molar-refractivity contribution is -0.141. The smallest absolute Gasteiger partial charge is 0.307 e. The molecule has 1 atom stereocenters. The van der Waals surface area contributed by atoms with Gasteiger partial charge in [0.2, 0.25) is 0 Å². The number of nitrogens with zero attached hydrogens (tertiary/aromatic N) is 2. The normalized spacial score (nSPS) is 12.5. The van der Waals surface area contributed by atoms with Gasteiger partial charge in [-0.3, -0.25) is 9.48 Å². The quantitative estimate of drug-likeness (QED) is 0.686. The van der Waals surface area contributed by atoms with E-state index in [-0.39, 0.29) is 12.0 Å². The zero-order valence-electron chi connectivity index (χ0n) is 8.86. The van der Waals surface area contributed by atoms with Crippen LogP contribution in [0.25, 0.3) is 0 Å². The highest BCUT2D eigenvalue weighted by atomic mass is 16.5. The molecular weight excluding hydrogens is 180 g/mol. The number of carbonyl (C=O) groups is 1. The Bertz CT molecular complexity index is 307. The molecule has 0 bridgehead atoms. The van der Waals surface area contributed by atoms with Crippen molar-refractivity contribution in [3.63, 3.8) is 0 Å². The van der Waals surface area contributed by atoms with Gasteiger partial charge in [-0.15, -0.1) is 0 Å². The maximum Gasteiger partial charge on any atom is 0.307 e. The molecule has 0 spiro atoms. The first kappa shape index (κ1) is 10.8. The van der Waals surface area contributed by atoms with Gasteiger partial charge >= 0.3 is 5.97 Å². The summed E-state index contributed by atoms with van der Waals surface area (Å²) in [6, 6.07) is 2.02. The van der Waals surface area contributed by atoms with E-state index in [9.17, 15) is 4.79 Å². The van der Waals surface area contributed by atoms with Crippen LogP contribution in [0.5, 0.6) is 0 Å². The molecule has 14 heavy (non-hydrogen) atoms. The van der Waals surface area contributed by atoms with E-state index in [1.807, 2.05) is 19.2 Å². The lowest BCUT2D eigenvalue weighted by Crippen LogP contribution is -2.12. The number of carbonyl (C=O) groups excluding carboxylic acids is 1. The van der Waals surface area contributed by atoms with Crippen LogP contribution >= 0.6 is 0 Å². The first-order chi connectivity index (χ1) is 6.67. The van der Waals surface area contributed by atoms with Gasteiger partial charge in [0.15, 0.2) is 0 Å². The largest absolute Gasteiger partial charge is 0.469 e. The summed E-state index contributed by atoms with van der Waals surface area (Å²) in [5.74, 6) is -0.203. The predicted molar refractivity (Wildman–Crippen MR) is 52.9 cm³/mol. The first-order valence-corrected chi connectivity index (χ1v) is 4.78. The first-order valence-electron chi connectivity index (χ1n) is 4.78. The molecule has 0 aliphatic carbocycles. The fraction of sp³-hybridized carbons (Fsp3) is 0.600. The molecule has 0 aliphatic rings. The van der Waals surface area contributed by atoms with Crippen molar-refractivity contribution >= 4 is 5.97 Å². The van der Waals surface area contributed by atoms with Gasteiger partial charge in [-0.1, -0.05) is 6.92 Å². The Morgan fingerprint density at radius 2 is 2.43 bits per heavy atom. The van der Waals surface area contributed by atoms with Gasteiger partial charge in [0, 0.05) is 6.20 Å². The molecule has 4 nitrogen and oxygen atoms in total. The summed E-state index contributed by atoms with van der Waals surface area (Å²) in [6.07, 6.45) is 3.17. The van der Waals surface area contributed by atoms with Gasteiger partial charge in [-0.2, -0.15) is 5.10 Å². The molecule has 1 unspecified atom stereocenters. The Morgan fingerprint density at radius 3 is 2.93 bits per heavy atom. The molecule has 1 rings (SSSR count). The van der Waals surface area contributed by atoms with Gasteiger partial charge in [-0.25, -0.2) is 0 Å². The van der Waals surface area contributed by atoms with Gasteiger partial charge in [0.05, 0.1) is 25.3 Å². The fourth-order valence-corrected chi connectivity index (χ4v) is 1.23. The maximum atomic E-state index is 11.0. The Labute approximate surface area is 83.9 Å². The number of esters is 1. The molecule has 1 aromatic rings. The minimum absolute atomic E-state index is 0.0581. The molecule has 0 radical (unpaired) electrons. The van der Waals surface area contributed by atoms with Crippen LogP contribution in [0.15, 0.2) is 12.3 Å². The lowest BCUT2D eigenvalue weighted by atomic mass is 10.2. The molecule has 78 valence electrons. The van der Waals surface area contributed by atoms with E-state index in [2.05, 4.69) is 16.8 Å². The van der Waals surface area contributed by atoms with E-state index in [4.69, 9.17) is 0 Å². The SMILES string of the molecule is CCc1ccn(C(C)CC(=O)OC)n1. The number of aryl methyl sites for hydroxylation is 1. The van der Waals surface area contributed by atoms with E-state index in [0.29, 0.717) is 6.42 Å². The Kier molecular flexibility index (Phi) is 3.68. The number of aromatic nitrogens is 2. The summed E-state index contributed by atoms with van der Waals surface area (Å²) < 4.78 is 6.40. The molecule has 1 aromatic heterocycles. The van der Waals surface area contributed by atoms with Crippen molar-refractivity contribution in [1.29, 1.82) is 0 Å². The fourth-order valence-electron chi connectivity index (χ4n) is 1.23. The van der Waals surface area contributed by atoms with Crippen molar-refractivity contribution in [2.75, 3.05) is 7.11 Å². The second kappa shape index (κ2) is 4.79. The Balaban J connectivity index is 2.60. The van der Waals surface area contributed by atoms with Crippen LogP contribution in [-0.2, 0) is 16.0 Å². The second-order valence-corrected chi connectivity index (χ2v) is 3.27. The maximum absolute atomic E-state index is 11.0. The van der Waals surface area contributed by atoms with E-state index >= 15 is 0 Å². The van der Waals surface area contributed by atoms with Gasteiger partial charge in [0.25, 0.3) is 0 Å². The number of methoxy groups -OCH3 is 1. The van der Waals surface area contributed by atoms with Crippen molar-refractivity contribution < 1.29 is 9.53 Å².